The maximum Gasteiger partial charge on any atom is 0.159 e. The van der Waals surface area contributed by atoms with Crippen molar-refractivity contribution < 1.29 is 5.21 Å². The third kappa shape index (κ3) is 4.98. The first kappa shape index (κ1) is 5.98. The van der Waals surface area contributed by atoms with E-state index in [0.29, 0.717) is 0 Å². The minimum absolute atomic E-state index is 1.47. The molecule has 0 rings (SSSR count). The Labute approximate surface area is 41.7 Å². The summed E-state index contributed by atoms with van der Waals surface area (Å²) in [6.07, 6.45) is 0. The van der Waals surface area contributed by atoms with Crippen LogP contribution in [0.4, 0.5) is 0 Å². The maximum absolute atomic E-state index is 7.71. The van der Waals surface area contributed by atoms with Gasteiger partial charge in [-0.15, -0.1) is 5.10 Å². The zero-order valence-corrected chi connectivity index (χ0v) is 4.29. The summed E-state index contributed by atoms with van der Waals surface area (Å²) in [4.78, 5) is 0. The molecule has 0 aromatic carbocycles. The number of rotatable bonds is 1. The van der Waals surface area contributed by atoms with Crippen molar-refractivity contribution in [3.63, 3.8) is 0 Å². The second-order valence-electron chi connectivity index (χ2n) is 1.15. The van der Waals surface area contributed by atoms with Gasteiger partial charge in [0.05, 0.1) is 0 Å². The molecule has 0 atom stereocenters. The van der Waals surface area contributed by atoms with Crippen molar-refractivity contribution in [1.82, 2.24) is 5.01 Å². The molecule has 0 amide bonds. The van der Waals surface area contributed by atoms with Crippen molar-refractivity contribution in [3.05, 3.63) is 0 Å². The van der Waals surface area contributed by atoms with Crippen LogP contribution in [0.5, 0.6) is 0 Å². The van der Waals surface area contributed by atoms with Gasteiger partial charge < -0.3 is 5.21 Å². The number of hydrogen-bond donors (Lipinski definition) is 1. The molecule has 0 aliphatic heterocycles. The fraction of sp³-hybridized carbons (Fsp3) is 0.667. The van der Waals surface area contributed by atoms with Crippen LogP contribution in [0, 0.1) is 0 Å². The van der Waals surface area contributed by atoms with E-state index in [9.17, 15) is 0 Å². The van der Waals surface area contributed by atoms with Crippen molar-refractivity contribution in [1.29, 1.82) is 0 Å². The molecule has 0 aliphatic rings. The molecule has 4 heteroatoms. The lowest BCUT2D eigenvalue weighted by atomic mass is 11.2. The monoisotopic (exact) mass is 101 g/mol. The molecule has 1 N–H and O–H groups in total. The molecule has 40 valence electrons. The summed E-state index contributed by atoms with van der Waals surface area (Å²) in [6, 6.07) is 1.98. The second-order valence-corrected chi connectivity index (χ2v) is 1.15. The van der Waals surface area contributed by atoms with Crippen molar-refractivity contribution in [2.75, 3.05) is 14.1 Å². The van der Waals surface area contributed by atoms with Gasteiger partial charge in [-0.25, -0.2) is 0 Å². The topological polar surface area (TPSA) is 48.2 Å². The molecule has 0 saturated carbocycles. The second kappa shape index (κ2) is 3.18. The van der Waals surface area contributed by atoms with Gasteiger partial charge in [-0.05, 0) is 5.16 Å². The van der Waals surface area contributed by atoms with Crippen LogP contribution in [-0.2, 0) is 0 Å². The molecule has 4 nitrogen and oxygen atoms in total. The lowest BCUT2D eigenvalue weighted by Gasteiger charge is -1.95. The van der Waals surface area contributed by atoms with Crippen molar-refractivity contribution in [2.45, 2.75) is 0 Å². The smallest absolute Gasteiger partial charge is 0.159 e. The Hall–Kier alpha value is -1.02. The molecule has 0 radical (unpaired) electrons. The highest BCUT2D eigenvalue weighted by Gasteiger charge is 1.68. The van der Waals surface area contributed by atoms with Gasteiger partial charge in [0.15, 0.2) is 6.01 Å². The molecular weight excluding hydrogens is 94.1 g/mol. The molecule has 0 aromatic rings. The van der Waals surface area contributed by atoms with Crippen LogP contribution < -0.4 is 0 Å². The van der Waals surface area contributed by atoms with Gasteiger partial charge >= 0.3 is 0 Å². The third-order valence-electron chi connectivity index (χ3n) is 0.289. The lowest BCUT2D eigenvalue weighted by molar-refractivity contribution is 0.319. The van der Waals surface area contributed by atoms with Crippen LogP contribution in [0.1, 0.15) is 0 Å². The lowest BCUT2D eigenvalue weighted by Crippen LogP contribution is -1.99. The van der Waals surface area contributed by atoms with Crippen molar-refractivity contribution in [3.8, 4) is 0 Å². The van der Waals surface area contributed by atoms with Gasteiger partial charge in [0.1, 0.15) is 0 Å². The van der Waals surface area contributed by atoms with Gasteiger partial charge in [-0.3, -0.25) is 5.01 Å². The van der Waals surface area contributed by atoms with Gasteiger partial charge in [-0.1, -0.05) is 0 Å². The number of hydrogen-bond acceptors (Lipinski definition) is 4. The molecule has 0 aromatic heterocycles. The molecular formula is C3H7N3O. The minimum Gasteiger partial charge on any atom is -0.402 e. The minimum atomic E-state index is 1.47. The van der Waals surface area contributed by atoms with Crippen LogP contribution >= 0.6 is 0 Å². The standard InChI is InChI=1S/C3H7N3O/c1-6(2)4-3-5-7/h7H,1-2H3. The SMILES string of the molecule is CN(C)N=C=NO. The van der Waals surface area contributed by atoms with Crippen molar-refractivity contribution >= 4 is 6.01 Å². The first-order valence-electron chi connectivity index (χ1n) is 1.74. The summed E-state index contributed by atoms with van der Waals surface area (Å²) in [5.41, 5.74) is 0. The van der Waals surface area contributed by atoms with E-state index in [1.54, 1.807) is 14.1 Å². The summed E-state index contributed by atoms with van der Waals surface area (Å²) in [7, 11) is 3.41. The van der Waals surface area contributed by atoms with E-state index in [1.807, 2.05) is 6.01 Å². The quantitative estimate of drug-likeness (QED) is 0.287. The molecule has 0 fully saturated rings. The normalized spacial score (nSPS) is 6.57. The predicted octanol–water partition coefficient (Wildman–Crippen LogP) is 0.0261. The predicted molar refractivity (Wildman–Crippen MR) is 25.3 cm³/mol. The Morgan fingerprint density at radius 3 is 2.29 bits per heavy atom. The molecule has 0 bridgehead atoms. The molecule has 0 aliphatic carbocycles. The molecule has 0 unspecified atom stereocenters. The Morgan fingerprint density at radius 1 is 1.57 bits per heavy atom. The zero-order chi connectivity index (χ0) is 5.70. The van der Waals surface area contributed by atoms with Crippen LogP contribution in [0.3, 0.4) is 0 Å². The van der Waals surface area contributed by atoms with E-state index >= 15 is 0 Å². The van der Waals surface area contributed by atoms with Gasteiger partial charge in [0.2, 0.25) is 0 Å². The fourth-order valence-corrected chi connectivity index (χ4v) is 0.109. The maximum atomic E-state index is 7.71. The van der Waals surface area contributed by atoms with Crippen LogP contribution in [0.2, 0.25) is 0 Å². The number of hydrazone groups is 1. The summed E-state index contributed by atoms with van der Waals surface area (Å²) >= 11 is 0. The highest BCUT2D eigenvalue weighted by molar-refractivity contribution is 5.38. The van der Waals surface area contributed by atoms with Crippen LogP contribution in [0.25, 0.3) is 0 Å². The van der Waals surface area contributed by atoms with E-state index < -0.39 is 0 Å². The highest BCUT2D eigenvalue weighted by atomic mass is 16.4. The summed E-state index contributed by atoms with van der Waals surface area (Å²) in [6.45, 7) is 0. The van der Waals surface area contributed by atoms with Gasteiger partial charge in [0, 0.05) is 14.1 Å². The van der Waals surface area contributed by atoms with Crippen molar-refractivity contribution in [2.24, 2.45) is 10.3 Å². The van der Waals surface area contributed by atoms with E-state index in [4.69, 9.17) is 5.21 Å². The third-order valence-corrected chi connectivity index (χ3v) is 0.289. The van der Waals surface area contributed by atoms with E-state index in [1.165, 1.54) is 5.01 Å². The summed E-state index contributed by atoms with van der Waals surface area (Å²) < 4.78 is 0. The Kier molecular flexibility index (Phi) is 2.72. The van der Waals surface area contributed by atoms with E-state index in [-0.39, 0.29) is 0 Å². The number of nitrogens with zero attached hydrogens (tertiary/aromatic N) is 3. The average molecular weight is 101 g/mol. The molecule has 0 spiro atoms. The largest absolute Gasteiger partial charge is 0.402 e. The van der Waals surface area contributed by atoms with Gasteiger partial charge in [0.25, 0.3) is 0 Å². The Balaban J connectivity index is 3.46. The summed E-state index contributed by atoms with van der Waals surface area (Å²) in [5, 5.41) is 15.1. The van der Waals surface area contributed by atoms with Gasteiger partial charge in [-0.2, -0.15) is 0 Å². The molecule has 0 saturated heterocycles. The van der Waals surface area contributed by atoms with E-state index in [2.05, 4.69) is 10.3 Å². The van der Waals surface area contributed by atoms with E-state index in [0.717, 1.165) is 0 Å². The highest BCUT2D eigenvalue weighted by Crippen LogP contribution is 1.66. The Bertz CT molecular complexity index is 92.4. The molecule has 7 heavy (non-hydrogen) atoms. The zero-order valence-electron chi connectivity index (χ0n) is 4.29. The molecule has 0 heterocycles. The van der Waals surface area contributed by atoms with Crippen LogP contribution in [0.15, 0.2) is 10.3 Å². The van der Waals surface area contributed by atoms with Crippen LogP contribution in [-0.4, -0.2) is 30.3 Å². The average Bonchev–Trinajstić information content (AvgIpc) is 1.61. The summed E-state index contributed by atoms with van der Waals surface area (Å²) in [5.74, 6) is 0. The first-order chi connectivity index (χ1) is 3.27. The Morgan fingerprint density at radius 2 is 2.14 bits per heavy atom. The first-order valence-corrected chi connectivity index (χ1v) is 1.74. The fourth-order valence-electron chi connectivity index (χ4n) is 0.109.